The molecule has 6 rings (SSSR count). The minimum atomic E-state index is -0.136. The van der Waals surface area contributed by atoms with Gasteiger partial charge in [-0.25, -0.2) is 0 Å². The van der Waals surface area contributed by atoms with Crippen LogP contribution in [0.3, 0.4) is 0 Å². The number of halogens is 1. The Morgan fingerprint density at radius 3 is 2.33 bits per heavy atom. The molecule has 5 atom stereocenters. The molecule has 8 heteroatoms. The minimum absolute atomic E-state index is 0. The number of carbonyl (C=O) groups excluding carboxylic acids is 1. The van der Waals surface area contributed by atoms with E-state index < -0.39 is 0 Å². The van der Waals surface area contributed by atoms with E-state index in [1.165, 1.54) is 37.3 Å². The number of unbranched alkanes of at least 4 members (excludes halogenated alkanes) is 1. The number of esters is 1. The highest BCUT2D eigenvalue weighted by atomic mass is 35.5. The van der Waals surface area contributed by atoms with Gasteiger partial charge in [0.2, 0.25) is 0 Å². The zero-order valence-corrected chi connectivity index (χ0v) is 28.3. The number of morpholine rings is 1. The van der Waals surface area contributed by atoms with E-state index in [1.807, 2.05) is 36.4 Å². The lowest BCUT2D eigenvalue weighted by Gasteiger charge is -2.50. The number of rotatable bonds is 10. The first-order valence-corrected chi connectivity index (χ1v) is 17.0. The Morgan fingerprint density at radius 2 is 1.67 bits per heavy atom. The van der Waals surface area contributed by atoms with Crippen LogP contribution in [-0.4, -0.2) is 68.1 Å². The van der Waals surface area contributed by atoms with Crippen molar-refractivity contribution < 1.29 is 28.8 Å². The van der Waals surface area contributed by atoms with Crippen LogP contribution in [0.5, 0.6) is 17.2 Å². The number of carbonyl (C=O) groups is 1. The third-order valence-corrected chi connectivity index (χ3v) is 10.5. The molecule has 0 radical (unpaired) electrons. The van der Waals surface area contributed by atoms with Gasteiger partial charge in [0.25, 0.3) is 0 Å². The average Bonchev–Trinajstić information content (AvgIpc) is 3.36. The largest absolute Gasteiger partial charge is 0.508 e. The molecule has 0 aromatic heterocycles. The van der Waals surface area contributed by atoms with Crippen molar-refractivity contribution in [3.63, 3.8) is 0 Å². The Kier molecular flexibility index (Phi) is 13.3. The lowest BCUT2D eigenvalue weighted by Crippen LogP contribution is -2.45. The van der Waals surface area contributed by atoms with Crippen LogP contribution in [0.4, 0.5) is 0 Å². The fraction of sp³-hybridized carbons (Fsp3) is 0.649. The average molecular weight is 644 g/mol. The van der Waals surface area contributed by atoms with E-state index in [0.29, 0.717) is 23.5 Å². The van der Waals surface area contributed by atoms with E-state index in [0.717, 1.165) is 96.1 Å². The van der Waals surface area contributed by atoms with Crippen LogP contribution >= 0.6 is 12.4 Å². The summed E-state index contributed by atoms with van der Waals surface area (Å²) < 4.78 is 22.4. The predicted molar refractivity (Wildman–Crippen MR) is 180 cm³/mol. The van der Waals surface area contributed by atoms with E-state index >= 15 is 0 Å². The smallest absolute Gasteiger partial charge is 0.302 e. The van der Waals surface area contributed by atoms with Crippen LogP contribution in [0.15, 0.2) is 42.5 Å². The SMILES string of the molecule is CC(=O)OC1CCC2C3CCc4cc(O)ccc4C3CCC12C.CCCCOc1ccc(OCCCN2CCOCC2)cc1.Cl. The van der Waals surface area contributed by atoms with Gasteiger partial charge in [-0.05, 0) is 117 Å². The molecule has 0 amide bonds. The van der Waals surface area contributed by atoms with E-state index in [1.54, 1.807) is 0 Å². The maximum Gasteiger partial charge on any atom is 0.302 e. The summed E-state index contributed by atoms with van der Waals surface area (Å²) in [5.41, 5.74) is 2.95. The van der Waals surface area contributed by atoms with Crippen LogP contribution < -0.4 is 9.47 Å². The Balaban J connectivity index is 0.000000201. The van der Waals surface area contributed by atoms with Gasteiger partial charge in [0.05, 0.1) is 26.4 Å². The second kappa shape index (κ2) is 16.9. The number of phenols is 1. The molecule has 5 unspecified atom stereocenters. The Hall–Kier alpha value is -2.48. The lowest BCUT2D eigenvalue weighted by atomic mass is 9.55. The van der Waals surface area contributed by atoms with Crippen molar-refractivity contribution in [1.29, 1.82) is 0 Å². The zero-order chi connectivity index (χ0) is 30.9. The van der Waals surface area contributed by atoms with Gasteiger partial charge in [-0.2, -0.15) is 0 Å². The fourth-order valence-electron chi connectivity index (χ4n) is 8.18. The summed E-state index contributed by atoms with van der Waals surface area (Å²) in [5.74, 6) is 4.07. The topological polar surface area (TPSA) is 77.5 Å². The van der Waals surface area contributed by atoms with E-state index in [-0.39, 0.29) is 29.9 Å². The summed E-state index contributed by atoms with van der Waals surface area (Å²) in [6.45, 7) is 12.5. The van der Waals surface area contributed by atoms with Crippen molar-refractivity contribution in [3.05, 3.63) is 53.6 Å². The first-order chi connectivity index (χ1) is 21.4. The molecule has 0 spiro atoms. The summed E-state index contributed by atoms with van der Waals surface area (Å²) in [6, 6.07) is 13.9. The van der Waals surface area contributed by atoms with Gasteiger partial charge in [-0.3, -0.25) is 9.69 Å². The molecule has 1 saturated heterocycles. The normalized spacial score (nSPS) is 27.0. The van der Waals surface area contributed by atoms with Crippen molar-refractivity contribution in [2.24, 2.45) is 17.3 Å². The molecule has 2 aromatic rings. The quantitative estimate of drug-likeness (QED) is 0.211. The number of benzene rings is 2. The fourth-order valence-corrected chi connectivity index (χ4v) is 8.18. The molecule has 0 bridgehead atoms. The third kappa shape index (κ3) is 9.08. The lowest BCUT2D eigenvalue weighted by molar-refractivity contribution is -0.154. The highest BCUT2D eigenvalue weighted by Gasteiger charge is 2.56. The molecule has 1 heterocycles. The molecule has 250 valence electrons. The second-order valence-electron chi connectivity index (χ2n) is 13.3. The number of ether oxygens (including phenoxy) is 4. The highest BCUT2D eigenvalue weighted by Crippen LogP contribution is 2.61. The monoisotopic (exact) mass is 643 g/mol. The van der Waals surface area contributed by atoms with Crippen molar-refractivity contribution >= 4 is 18.4 Å². The van der Waals surface area contributed by atoms with Crippen molar-refractivity contribution in [2.75, 3.05) is 46.1 Å². The van der Waals surface area contributed by atoms with Crippen LogP contribution in [0.25, 0.3) is 0 Å². The second-order valence-corrected chi connectivity index (χ2v) is 13.3. The number of hydrogen-bond donors (Lipinski definition) is 1. The van der Waals surface area contributed by atoms with Gasteiger partial charge in [-0.1, -0.05) is 26.3 Å². The number of phenolic OH excluding ortho intramolecular Hbond substituents is 1. The molecule has 4 aliphatic rings. The number of aromatic hydroxyl groups is 1. The van der Waals surface area contributed by atoms with Crippen LogP contribution in [-0.2, 0) is 20.7 Å². The number of hydrogen-bond acceptors (Lipinski definition) is 7. The summed E-state index contributed by atoms with van der Waals surface area (Å²) in [4.78, 5) is 13.9. The maximum absolute atomic E-state index is 11.4. The summed E-state index contributed by atoms with van der Waals surface area (Å²) in [5, 5.41) is 9.75. The zero-order valence-electron chi connectivity index (χ0n) is 27.5. The summed E-state index contributed by atoms with van der Waals surface area (Å²) in [6.07, 6.45) is 10.2. The third-order valence-electron chi connectivity index (χ3n) is 10.5. The molecule has 7 nitrogen and oxygen atoms in total. The van der Waals surface area contributed by atoms with Gasteiger partial charge >= 0.3 is 5.97 Å². The van der Waals surface area contributed by atoms with Crippen molar-refractivity contribution in [1.82, 2.24) is 4.90 Å². The highest BCUT2D eigenvalue weighted by molar-refractivity contribution is 5.85. The van der Waals surface area contributed by atoms with Gasteiger partial charge in [0, 0.05) is 32.0 Å². The summed E-state index contributed by atoms with van der Waals surface area (Å²) >= 11 is 0. The maximum atomic E-state index is 11.4. The number of nitrogens with zero attached hydrogens (tertiary/aromatic N) is 1. The van der Waals surface area contributed by atoms with Crippen molar-refractivity contribution in [2.45, 2.75) is 90.6 Å². The number of aryl methyl sites for hydroxylation is 1. The first kappa shape index (κ1) is 35.4. The Morgan fingerprint density at radius 1 is 0.978 bits per heavy atom. The van der Waals surface area contributed by atoms with Crippen LogP contribution in [0, 0.1) is 17.3 Å². The van der Waals surface area contributed by atoms with Gasteiger partial charge in [-0.15, -0.1) is 12.4 Å². The van der Waals surface area contributed by atoms with Crippen LogP contribution in [0.1, 0.15) is 89.2 Å². The Bertz CT molecular complexity index is 1200. The molecule has 3 fully saturated rings. The molecule has 1 N–H and O–H groups in total. The molecule has 2 aromatic carbocycles. The molecule has 2 saturated carbocycles. The minimum Gasteiger partial charge on any atom is -0.508 e. The van der Waals surface area contributed by atoms with E-state index in [9.17, 15) is 9.90 Å². The molecule has 3 aliphatic carbocycles. The molecular formula is C37H54ClNO6. The molecule has 45 heavy (non-hydrogen) atoms. The molecular weight excluding hydrogens is 590 g/mol. The van der Waals surface area contributed by atoms with Crippen molar-refractivity contribution in [3.8, 4) is 17.2 Å². The van der Waals surface area contributed by atoms with Gasteiger partial charge in [0.15, 0.2) is 0 Å². The first-order valence-electron chi connectivity index (χ1n) is 17.0. The predicted octanol–water partition coefficient (Wildman–Crippen LogP) is 7.57. The standard InChI is InChI=1S/C20H26O3.C17H27NO3.ClH/c1-12(21)23-19-8-7-18-17-5-3-13-11-14(22)4-6-15(13)16(17)9-10-20(18,19)2;1-2-3-12-20-16-5-7-17(8-6-16)21-13-4-9-18-10-14-19-15-11-18;/h4,6,11,16-19,22H,3,5,7-10H2,1-2H3;5-8H,2-4,9-15H2,1H3;1H. The van der Waals surface area contributed by atoms with Crippen LogP contribution in [0.2, 0.25) is 0 Å². The van der Waals surface area contributed by atoms with E-state index in [4.69, 9.17) is 18.9 Å². The van der Waals surface area contributed by atoms with Gasteiger partial charge < -0.3 is 24.1 Å². The Labute approximate surface area is 276 Å². The molecule has 1 aliphatic heterocycles. The number of fused-ring (bicyclic) bond motifs is 5. The van der Waals surface area contributed by atoms with Gasteiger partial charge in [0.1, 0.15) is 23.4 Å². The summed E-state index contributed by atoms with van der Waals surface area (Å²) in [7, 11) is 0. The van der Waals surface area contributed by atoms with E-state index in [2.05, 4.69) is 24.8 Å².